The third kappa shape index (κ3) is 1.83. The second-order valence-electron chi connectivity index (χ2n) is 2.85. The number of carbonyl (C=O) groups is 1. The molecule has 0 radical (unpaired) electrons. The second kappa shape index (κ2) is 3.79. The molecule has 1 rings (SSSR count). The molecule has 0 bridgehead atoms. The molecule has 0 saturated heterocycles. The highest BCUT2D eigenvalue weighted by Gasteiger charge is 2.18. The lowest BCUT2D eigenvalue weighted by Gasteiger charge is -2.10. The number of rotatable bonds is 3. The Balaban J connectivity index is 3.14. The number of carboxylic acids is 1. The summed E-state index contributed by atoms with van der Waals surface area (Å²) in [4.78, 5) is 10.8. The summed E-state index contributed by atoms with van der Waals surface area (Å²) in [5.41, 5.74) is 0.0658. The lowest BCUT2D eigenvalue weighted by molar-refractivity contribution is 0.0680. The normalized spacial score (nSPS) is 12.8. The largest absolute Gasteiger partial charge is 0.476 e. The van der Waals surface area contributed by atoms with E-state index in [9.17, 15) is 4.79 Å². The summed E-state index contributed by atoms with van der Waals surface area (Å²) in [6.07, 6.45) is 2.18. The molecule has 0 spiro atoms. The summed E-state index contributed by atoms with van der Waals surface area (Å²) in [5, 5.41) is 12.9. The Morgan fingerprint density at radius 2 is 2.46 bits per heavy atom. The Morgan fingerprint density at radius 1 is 1.85 bits per heavy atom. The van der Waals surface area contributed by atoms with Gasteiger partial charge in [-0.2, -0.15) is 5.10 Å². The van der Waals surface area contributed by atoms with Gasteiger partial charge in [0.1, 0.15) is 0 Å². The fraction of sp³-hybridized carbons (Fsp3) is 0.500. The Bertz CT molecular complexity index is 322. The van der Waals surface area contributed by atoms with E-state index < -0.39 is 5.97 Å². The minimum atomic E-state index is -1.04. The van der Waals surface area contributed by atoms with Crippen molar-refractivity contribution in [1.82, 2.24) is 9.78 Å². The maximum absolute atomic E-state index is 10.8. The van der Waals surface area contributed by atoms with Gasteiger partial charge in [-0.3, -0.25) is 4.68 Å². The van der Waals surface area contributed by atoms with Gasteiger partial charge in [0.2, 0.25) is 0 Å². The SMILES string of the molecule is CCC(C)n1ncc(Cl)c1C(=O)O. The molecule has 13 heavy (non-hydrogen) atoms. The van der Waals surface area contributed by atoms with E-state index in [4.69, 9.17) is 16.7 Å². The van der Waals surface area contributed by atoms with Crippen molar-refractivity contribution in [3.8, 4) is 0 Å². The molecule has 0 aliphatic heterocycles. The van der Waals surface area contributed by atoms with Gasteiger partial charge >= 0.3 is 5.97 Å². The number of hydrogen-bond acceptors (Lipinski definition) is 2. The van der Waals surface area contributed by atoms with Gasteiger partial charge in [0, 0.05) is 6.04 Å². The van der Waals surface area contributed by atoms with Crippen molar-refractivity contribution < 1.29 is 9.90 Å². The quantitative estimate of drug-likeness (QED) is 0.818. The fourth-order valence-corrected chi connectivity index (χ4v) is 1.26. The van der Waals surface area contributed by atoms with Crippen LogP contribution in [0.15, 0.2) is 6.20 Å². The highest BCUT2D eigenvalue weighted by molar-refractivity contribution is 6.33. The first-order valence-corrected chi connectivity index (χ1v) is 4.42. The van der Waals surface area contributed by atoms with Crippen LogP contribution >= 0.6 is 11.6 Å². The van der Waals surface area contributed by atoms with E-state index in [1.54, 1.807) is 0 Å². The summed E-state index contributed by atoms with van der Waals surface area (Å²) in [6, 6.07) is 0.0543. The summed E-state index contributed by atoms with van der Waals surface area (Å²) < 4.78 is 1.44. The highest BCUT2D eigenvalue weighted by Crippen LogP contribution is 2.20. The van der Waals surface area contributed by atoms with Crippen LogP contribution in [0.2, 0.25) is 5.02 Å². The first-order valence-electron chi connectivity index (χ1n) is 4.04. The van der Waals surface area contributed by atoms with Crippen LogP contribution in [0.5, 0.6) is 0 Å². The highest BCUT2D eigenvalue weighted by atomic mass is 35.5. The lowest BCUT2D eigenvalue weighted by Crippen LogP contribution is -2.13. The molecule has 0 saturated carbocycles. The van der Waals surface area contributed by atoms with E-state index in [1.165, 1.54) is 10.9 Å². The minimum Gasteiger partial charge on any atom is -0.476 e. The molecule has 1 heterocycles. The number of nitrogens with zero attached hydrogens (tertiary/aromatic N) is 2. The van der Waals surface area contributed by atoms with E-state index in [0.717, 1.165) is 6.42 Å². The topological polar surface area (TPSA) is 55.1 Å². The van der Waals surface area contributed by atoms with Crippen molar-refractivity contribution in [3.05, 3.63) is 16.9 Å². The third-order valence-electron chi connectivity index (χ3n) is 1.96. The smallest absolute Gasteiger partial charge is 0.355 e. The Kier molecular flexibility index (Phi) is 2.93. The first-order chi connectivity index (χ1) is 6.07. The second-order valence-corrected chi connectivity index (χ2v) is 3.26. The third-order valence-corrected chi connectivity index (χ3v) is 2.24. The predicted molar refractivity (Wildman–Crippen MR) is 49.2 cm³/mol. The summed E-state index contributed by atoms with van der Waals surface area (Å²) in [6.45, 7) is 3.86. The van der Waals surface area contributed by atoms with Gasteiger partial charge in [0.25, 0.3) is 0 Å². The summed E-state index contributed by atoms with van der Waals surface area (Å²) in [7, 11) is 0. The van der Waals surface area contributed by atoms with E-state index in [-0.39, 0.29) is 16.8 Å². The van der Waals surface area contributed by atoms with Crippen molar-refractivity contribution in [2.75, 3.05) is 0 Å². The minimum absolute atomic E-state index is 0.0543. The van der Waals surface area contributed by atoms with E-state index in [0.29, 0.717) is 0 Å². The predicted octanol–water partition coefficient (Wildman–Crippen LogP) is 2.21. The van der Waals surface area contributed by atoms with E-state index in [1.807, 2.05) is 13.8 Å². The van der Waals surface area contributed by atoms with Gasteiger partial charge < -0.3 is 5.11 Å². The molecular formula is C8H11ClN2O2. The number of hydrogen-bond donors (Lipinski definition) is 1. The zero-order valence-electron chi connectivity index (χ0n) is 7.49. The zero-order valence-corrected chi connectivity index (χ0v) is 8.25. The molecule has 1 N–H and O–H groups in total. The van der Waals surface area contributed by atoms with Crippen molar-refractivity contribution in [2.24, 2.45) is 0 Å². The van der Waals surface area contributed by atoms with Crippen LogP contribution in [0.3, 0.4) is 0 Å². The van der Waals surface area contributed by atoms with Crippen LogP contribution < -0.4 is 0 Å². The molecule has 72 valence electrons. The van der Waals surface area contributed by atoms with Crippen LogP contribution in [0.25, 0.3) is 0 Å². The molecule has 1 aromatic rings. The van der Waals surface area contributed by atoms with Crippen molar-refractivity contribution in [1.29, 1.82) is 0 Å². The maximum atomic E-state index is 10.8. The Morgan fingerprint density at radius 3 is 2.92 bits per heavy atom. The monoisotopic (exact) mass is 202 g/mol. The van der Waals surface area contributed by atoms with Crippen LogP contribution in [0, 0.1) is 0 Å². The maximum Gasteiger partial charge on any atom is 0.355 e. The molecule has 0 fully saturated rings. The van der Waals surface area contributed by atoms with Crippen LogP contribution in [-0.2, 0) is 0 Å². The molecule has 1 atom stereocenters. The van der Waals surface area contributed by atoms with Crippen LogP contribution in [0.1, 0.15) is 36.8 Å². The van der Waals surface area contributed by atoms with Gasteiger partial charge in [0.05, 0.1) is 11.2 Å². The van der Waals surface area contributed by atoms with Gasteiger partial charge in [-0.05, 0) is 13.3 Å². The fourth-order valence-electron chi connectivity index (χ4n) is 1.05. The van der Waals surface area contributed by atoms with Crippen molar-refractivity contribution in [3.63, 3.8) is 0 Å². The number of aromatic nitrogens is 2. The molecule has 0 aliphatic carbocycles. The van der Waals surface area contributed by atoms with E-state index >= 15 is 0 Å². The standard InChI is InChI=1S/C8H11ClN2O2/c1-3-5(2)11-7(8(12)13)6(9)4-10-11/h4-5H,3H2,1-2H3,(H,12,13). The first kappa shape index (κ1) is 10.1. The molecule has 1 aromatic heterocycles. The molecule has 1 unspecified atom stereocenters. The van der Waals surface area contributed by atoms with Gasteiger partial charge in [-0.1, -0.05) is 18.5 Å². The number of aromatic carboxylic acids is 1. The molecular weight excluding hydrogens is 192 g/mol. The van der Waals surface area contributed by atoms with Gasteiger partial charge in [-0.15, -0.1) is 0 Å². The Hall–Kier alpha value is -1.03. The number of carboxylic acid groups (broad SMARTS) is 1. The molecule has 4 nitrogen and oxygen atoms in total. The molecule has 0 aromatic carbocycles. The van der Waals surface area contributed by atoms with E-state index in [2.05, 4.69) is 5.10 Å². The lowest BCUT2D eigenvalue weighted by atomic mass is 10.2. The molecule has 0 aliphatic rings. The average molecular weight is 203 g/mol. The molecule has 0 amide bonds. The van der Waals surface area contributed by atoms with Crippen molar-refractivity contribution >= 4 is 17.6 Å². The van der Waals surface area contributed by atoms with Crippen LogP contribution in [0.4, 0.5) is 0 Å². The summed E-state index contributed by atoms with van der Waals surface area (Å²) >= 11 is 5.68. The van der Waals surface area contributed by atoms with Gasteiger partial charge in [-0.25, -0.2) is 4.79 Å². The summed E-state index contributed by atoms with van der Waals surface area (Å²) in [5.74, 6) is -1.04. The number of halogens is 1. The Labute approximate surface area is 81.1 Å². The molecule has 5 heteroatoms. The van der Waals surface area contributed by atoms with Gasteiger partial charge in [0.15, 0.2) is 5.69 Å². The van der Waals surface area contributed by atoms with Crippen molar-refractivity contribution in [2.45, 2.75) is 26.3 Å². The zero-order chi connectivity index (χ0) is 10.0. The average Bonchev–Trinajstić information content (AvgIpc) is 2.45. The van der Waals surface area contributed by atoms with Crippen LogP contribution in [-0.4, -0.2) is 20.9 Å².